The number of rotatable bonds is 6. The maximum atomic E-state index is 13.1. The van der Waals surface area contributed by atoms with Crippen LogP contribution in [0.4, 0.5) is 0 Å². The van der Waals surface area contributed by atoms with Crippen LogP contribution < -0.4 is 0 Å². The van der Waals surface area contributed by atoms with Crippen LogP contribution >= 0.6 is 0 Å². The topological polar surface area (TPSA) is 87.1 Å². The van der Waals surface area contributed by atoms with Crippen LogP contribution in [0.3, 0.4) is 0 Å². The van der Waals surface area contributed by atoms with E-state index >= 15 is 0 Å². The maximum Gasteiger partial charge on any atom is 0.290 e. The first-order chi connectivity index (χ1) is 13.5. The number of amides is 1. The third kappa shape index (κ3) is 3.26. The number of furan rings is 2. The molecule has 7 nitrogen and oxygen atoms in total. The van der Waals surface area contributed by atoms with Crippen molar-refractivity contribution >= 4 is 11.7 Å². The van der Waals surface area contributed by atoms with E-state index in [9.17, 15) is 14.7 Å². The van der Waals surface area contributed by atoms with Crippen molar-refractivity contribution in [1.29, 1.82) is 0 Å². The lowest BCUT2D eigenvalue weighted by molar-refractivity contribution is -0.129. The van der Waals surface area contributed by atoms with E-state index in [0.717, 1.165) is 25.9 Å². The molecular weight excluding hydrogens is 360 g/mol. The predicted molar refractivity (Wildman–Crippen MR) is 101 cm³/mol. The first-order valence-corrected chi connectivity index (χ1v) is 9.59. The zero-order valence-corrected chi connectivity index (χ0v) is 16.1. The van der Waals surface area contributed by atoms with E-state index < -0.39 is 23.5 Å². The average molecular weight is 384 g/mol. The summed E-state index contributed by atoms with van der Waals surface area (Å²) in [7, 11) is 0. The second-order valence-corrected chi connectivity index (χ2v) is 7.40. The molecular formula is C21H24N2O5. The molecule has 0 radical (unpaired) electrons. The van der Waals surface area contributed by atoms with Gasteiger partial charge >= 0.3 is 0 Å². The Morgan fingerprint density at radius 2 is 1.75 bits per heavy atom. The van der Waals surface area contributed by atoms with Crippen LogP contribution in [0, 0.1) is 13.8 Å². The van der Waals surface area contributed by atoms with Crippen molar-refractivity contribution in [1.82, 2.24) is 9.80 Å². The molecule has 1 atom stereocenters. The summed E-state index contributed by atoms with van der Waals surface area (Å²) in [5.41, 5.74) is 0.00937. The highest BCUT2D eigenvalue weighted by Gasteiger charge is 2.45. The van der Waals surface area contributed by atoms with Crippen molar-refractivity contribution < 1.29 is 23.5 Å². The van der Waals surface area contributed by atoms with Gasteiger partial charge in [0.1, 0.15) is 23.3 Å². The second kappa shape index (κ2) is 7.31. The average Bonchev–Trinajstić information content (AvgIpc) is 3.44. The number of nitrogens with zero attached hydrogens (tertiary/aromatic N) is 2. The second-order valence-electron chi connectivity index (χ2n) is 7.40. The smallest absolute Gasteiger partial charge is 0.290 e. The number of aliphatic hydroxyl groups is 1. The van der Waals surface area contributed by atoms with Gasteiger partial charge in [-0.05, 0) is 64.0 Å². The highest BCUT2D eigenvalue weighted by molar-refractivity contribution is 6.14. The Bertz CT molecular complexity index is 932. The van der Waals surface area contributed by atoms with Crippen LogP contribution in [0.1, 0.15) is 46.7 Å². The van der Waals surface area contributed by atoms with Crippen LogP contribution in [0.2, 0.25) is 0 Å². The monoisotopic (exact) mass is 384 g/mol. The molecule has 0 aliphatic carbocycles. The lowest BCUT2D eigenvalue weighted by Crippen LogP contribution is -2.37. The number of carbonyl (C=O) groups excluding carboxylic acids is 2. The van der Waals surface area contributed by atoms with Gasteiger partial charge in [0.15, 0.2) is 11.5 Å². The van der Waals surface area contributed by atoms with E-state index in [4.69, 9.17) is 8.83 Å². The van der Waals surface area contributed by atoms with Crippen LogP contribution in [0.5, 0.6) is 0 Å². The number of ketones is 1. The van der Waals surface area contributed by atoms with Crippen LogP contribution in [0.15, 0.2) is 44.4 Å². The molecule has 2 aromatic rings. The number of Topliss-reactive ketones (excluding diaryl/α,β-unsaturated/α-hetero) is 1. The number of aliphatic hydroxyl groups excluding tert-OH is 1. The van der Waals surface area contributed by atoms with Crippen LogP contribution in [-0.4, -0.2) is 52.8 Å². The first-order valence-electron chi connectivity index (χ1n) is 9.59. The minimum atomic E-state index is -0.762. The summed E-state index contributed by atoms with van der Waals surface area (Å²) >= 11 is 0. The number of hydrogen-bond acceptors (Lipinski definition) is 6. The van der Waals surface area contributed by atoms with E-state index in [2.05, 4.69) is 4.90 Å². The van der Waals surface area contributed by atoms with Gasteiger partial charge in [-0.2, -0.15) is 0 Å². The maximum absolute atomic E-state index is 13.1. The van der Waals surface area contributed by atoms with Crippen LogP contribution in [0.25, 0.3) is 0 Å². The number of carbonyl (C=O) groups is 2. The van der Waals surface area contributed by atoms with Gasteiger partial charge in [0.2, 0.25) is 5.78 Å². The standard InChI is InChI=1S/C21H24N2O5/c1-13-5-7-15(27-13)18-17(19(24)16-8-6-14(2)28-16)20(25)21(26)23(18)12-11-22-9-3-4-10-22/h5-8,18,25H,3-4,9-12H2,1-2H3. The third-order valence-electron chi connectivity index (χ3n) is 5.40. The van der Waals surface area contributed by atoms with Gasteiger partial charge in [-0.3, -0.25) is 9.59 Å². The molecule has 2 aliphatic heterocycles. The van der Waals surface area contributed by atoms with E-state index in [1.165, 1.54) is 4.90 Å². The van der Waals surface area contributed by atoms with Crippen molar-refractivity contribution in [2.45, 2.75) is 32.7 Å². The predicted octanol–water partition coefficient (Wildman–Crippen LogP) is 3.16. The highest BCUT2D eigenvalue weighted by Crippen LogP contribution is 2.39. The molecule has 1 fully saturated rings. The summed E-state index contributed by atoms with van der Waals surface area (Å²) < 4.78 is 11.2. The van der Waals surface area contributed by atoms with E-state index in [1.54, 1.807) is 38.1 Å². The van der Waals surface area contributed by atoms with Crippen molar-refractivity contribution in [3.8, 4) is 0 Å². The zero-order chi connectivity index (χ0) is 19.8. The zero-order valence-electron chi connectivity index (χ0n) is 16.1. The molecule has 0 bridgehead atoms. The third-order valence-corrected chi connectivity index (χ3v) is 5.40. The summed E-state index contributed by atoms with van der Waals surface area (Å²) in [6, 6.07) is 6.00. The van der Waals surface area contributed by atoms with Gasteiger partial charge in [0.25, 0.3) is 5.91 Å². The summed E-state index contributed by atoms with van der Waals surface area (Å²) in [5, 5.41) is 10.6. The molecule has 4 heterocycles. The normalized spacial score (nSPS) is 20.6. The lowest BCUT2D eigenvalue weighted by Gasteiger charge is -2.27. The molecule has 4 rings (SSSR count). The molecule has 2 aromatic heterocycles. The van der Waals surface area contributed by atoms with Gasteiger partial charge in [-0.25, -0.2) is 0 Å². The lowest BCUT2D eigenvalue weighted by atomic mass is 10.00. The summed E-state index contributed by atoms with van der Waals surface area (Å²) in [5.74, 6) is 0.244. The highest BCUT2D eigenvalue weighted by atomic mass is 16.4. The van der Waals surface area contributed by atoms with E-state index in [1.807, 2.05) is 0 Å². The van der Waals surface area contributed by atoms with Crippen LogP contribution in [-0.2, 0) is 4.79 Å². The molecule has 1 N–H and O–H groups in total. The number of likely N-dealkylation sites (tertiary alicyclic amines) is 1. The fraction of sp³-hybridized carbons (Fsp3) is 0.429. The molecule has 0 aromatic carbocycles. The Kier molecular flexibility index (Phi) is 4.85. The molecule has 2 aliphatic rings. The summed E-state index contributed by atoms with van der Waals surface area (Å²) in [6.45, 7) is 6.64. The Morgan fingerprint density at radius 1 is 1.07 bits per heavy atom. The van der Waals surface area contributed by atoms with Gasteiger partial charge < -0.3 is 23.7 Å². The Balaban J connectivity index is 1.67. The molecule has 148 valence electrons. The molecule has 1 amide bonds. The number of aryl methyl sites for hydroxylation is 2. The number of hydrogen-bond donors (Lipinski definition) is 1. The molecule has 1 unspecified atom stereocenters. The van der Waals surface area contributed by atoms with E-state index in [-0.39, 0.29) is 11.3 Å². The molecule has 0 spiro atoms. The first kappa shape index (κ1) is 18.6. The van der Waals surface area contributed by atoms with Crippen molar-refractivity contribution in [3.63, 3.8) is 0 Å². The molecule has 28 heavy (non-hydrogen) atoms. The largest absolute Gasteiger partial charge is 0.503 e. The van der Waals surface area contributed by atoms with Gasteiger partial charge in [-0.1, -0.05) is 0 Å². The quantitative estimate of drug-likeness (QED) is 0.770. The summed E-state index contributed by atoms with van der Waals surface area (Å²) in [4.78, 5) is 29.7. The van der Waals surface area contributed by atoms with Gasteiger partial charge in [-0.15, -0.1) is 0 Å². The van der Waals surface area contributed by atoms with Crippen molar-refractivity contribution in [3.05, 3.63) is 58.6 Å². The minimum Gasteiger partial charge on any atom is -0.503 e. The minimum absolute atomic E-state index is 0.00937. The van der Waals surface area contributed by atoms with E-state index in [0.29, 0.717) is 30.4 Å². The van der Waals surface area contributed by atoms with Crippen molar-refractivity contribution in [2.75, 3.05) is 26.2 Å². The molecule has 0 saturated carbocycles. The van der Waals surface area contributed by atoms with Crippen molar-refractivity contribution in [2.24, 2.45) is 0 Å². The Labute approximate surface area is 163 Å². The Morgan fingerprint density at radius 3 is 2.36 bits per heavy atom. The fourth-order valence-corrected chi connectivity index (χ4v) is 3.96. The molecule has 7 heteroatoms. The van der Waals surface area contributed by atoms with Gasteiger partial charge in [0, 0.05) is 13.1 Å². The summed E-state index contributed by atoms with van der Waals surface area (Å²) in [6.07, 6.45) is 2.31. The van der Waals surface area contributed by atoms with Gasteiger partial charge in [0.05, 0.1) is 5.57 Å². The molecule has 1 saturated heterocycles. The Hall–Kier alpha value is -2.80. The fourth-order valence-electron chi connectivity index (χ4n) is 3.96. The SMILES string of the molecule is Cc1ccc(C(=O)C2=C(O)C(=O)N(CCN3CCCC3)C2c2ccc(C)o2)o1.